The number of hydrogen-bond acceptors (Lipinski definition) is 2. The second-order valence-corrected chi connectivity index (χ2v) is 15.6. The van der Waals surface area contributed by atoms with E-state index in [1.165, 1.54) is 50.1 Å². The smallest absolute Gasteiger partial charge is 0.0973 e. The Morgan fingerprint density at radius 2 is 0.600 bits per heavy atom. The third-order valence-electron chi connectivity index (χ3n) is 12.5. The van der Waals surface area contributed by atoms with E-state index in [1.807, 2.05) is 12.1 Å². The molecule has 60 heavy (non-hydrogen) atoms. The minimum Gasteiger partial charge on any atom is -0.244 e. The van der Waals surface area contributed by atoms with Crippen LogP contribution in [0.5, 0.6) is 0 Å². The van der Waals surface area contributed by atoms with E-state index in [-0.39, 0.29) is 0 Å². The van der Waals surface area contributed by atoms with Crippen molar-refractivity contribution in [2.45, 2.75) is 10.8 Å². The lowest BCUT2D eigenvalue weighted by Crippen LogP contribution is -2.54. The summed E-state index contributed by atoms with van der Waals surface area (Å²) in [5.41, 5.74) is 16.1. The fraction of sp³-hybridized carbons (Fsp3) is 0.0345. The second kappa shape index (κ2) is 14.6. The minimum atomic E-state index is -0.764. The highest BCUT2D eigenvalue weighted by Gasteiger charge is 2.61. The van der Waals surface area contributed by atoms with Gasteiger partial charge >= 0.3 is 0 Å². The molecular formula is C58H40N2. The first-order valence-electron chi connectivity index (χ1n) is 20.7. The Bertz CT molecular complexity index is 3030. The Morgan fingerprint density at radius 1 is 0.250 bits per heavy atom. The molecule has 0 aliphatic heterocycles. The molecule has 0 unspecified atom stereocenters. The van der Waals surface area contributed by atoms with Crippen molar-refractivity contribution in [3.8, 4) is 44.8 Å². The molecule has 0 amide bonds. The van der Waals surface area contributed by atoms with E-state index in [0.29, 0.717) is 0 Å². The highest BCUT2D eigenvalue weighted by atomic mass is 14.8. The van der Waals surface area contributed by atoms with Gasteiger partial charge in [-0.2, -0.15) is 0 Å². The molecule has 1 heterocycles. The molecule has 0 bridgehead atoms. The molecule has 2 nitrogen and oxygen atoms in total. The van der Waals surface area contributed by atoms with Gasteiger partial charge in [0.15, 0.2) is 0 Å². The molecule has 0 spiro atoms. The van der Waals surface area contributed by atoms with E-state index < -0.39 is 10.8 Å². The fourth-order valence-electron chi connectivity index (χ4n) is 10.1. The predicted octanol–water partition coefficient (Wildman–Crippen LogP) is 14.0. The van der Waals surface area contributed by atoms with Crippen LogP contribution < -0.4 is 0 Å². The van der Waals surface area contributed by atoms with Gasteiger partial charge in [0.2, 0.25) is 0 Å². The topological polar surface area (TPSA) is 25.8 Å². The standard InChI is InChI=1S/C58H40N2/c1-6-20-41(21-7-1)42-34-36-43(37-35-42)55-56(60-54-33-19-18-32-53(54)59-55)44-38-39-50-49-30-16-17-31-51(49)57(45-22-8-2-9-23-45,46-24-10-3-11-25-46)58(52(50)40-44,47-26-12-4-13-27-47)48-28-14-5-15-29-48/h1-40H. The van der Waals surface area contributed by atoms with Crippen molar-refractivity contribution in [3.05, 3.63) is 276 Å². The van der Waals surface area contributed by atoms with Crippen LogP contribution in [0.1, 0.15) is 33.4 Å². The van der Waals surface area contributed by atoms with Crippen LogP contribution in [-0.2, 0) is 10.8 Å². The van der Waals surface area contributed by atoms with Crippen LogP contribution in [0.4, 0.5) is 0 Å². The van der Waals surface area contributed by atoms with Gasteiger partial charge in [0, 0.05) is 11.1 Å². The summed E-state index contributed by atoms with van der Waals surface area (Å²) in [6.07, 6.45) is 0. The first-order chi connectivity index (χ1) is 29.8. The number of hydrogen-bond donors (Lipinski definition) is 0. The third kappa shape index (κ3) is 5.42. The van der Waals surface area contributed by atoms with E-state index in [2.05, 4.69) is 231 Å². The number of nitrogens with zero attached hydrogens (tertiary/aromatic N) is 2. The van der Waals surface area contributed by atoms with E-state index in [9.17, 15) is 0 Å². The maximum absolute atomic E-state index is 5.48. The van der Waals surface area contributed by atoms with Crippen LogP contribution in [0.3, 0.4) is 0 Å². The molecular weight excluding hydrogens is 725 g/mol. The summed E-state index contributed by atoms with van der Waals surface area (Å²) in [7, 11) is 0. The largest absolute Gasteiger partial charge is 0.244 e. The lowest BCUT2D eigenvalue weighted by molar-refractivity contribution is 0.415. The summed E-state index contributed by atoms with van der Waals surface area (Å²) in [6.45, 7) is 0. The lowest BCUT2D eigenvalue weighted by Gasteiger charge is -2.57. The molecule has 1 aromatic heterocycles. The van der Waals surface area contributed by atoms with E-state index in [4.69, 9.17) is 9.97 Å². The Morgan fingerprint density at radius 3 is 1.12 bits per heavy atom. The molecule has 0 saturated heterocycles. The molecule has 10 aromatic rings. The van der Waals surface area contributed by atoms with Crippen LogP contribution in [0.2, 0.25) is 0 Å². The maximum atomic E-state index is 5.48. The third-order valence-corrected chi connectivity index (χ3v) is 12.5. The van der Waals surface area contributed by atoms with Gasteiger partial charge in [0.1, 0.15) is 0 Å². The molecule has 9 aromatic carbocycles. The van der Waals surface area contributed by atoms with Gasteiger partial charge in [0.05, 0.1) is 33.3 Å². The number of fused-ring (bicyclic) bond motifs is 4. The first-order valence-corrected chi connectivity index (χ1v) is 20.7. The summed E-state index contributed by atoms with van der Waals surface area (Å²) in [5, 5.41) is 0. The first kappa shape index (κ1) is 35.5. The molecule has 0 N–H and O–H groups in total. The molecule has 0 radical (unpaired) electrons. The Labute approximate surface area is 351 Å². The minimum absolute atomic E-state index is 0.717. The molecule has 11 rings (SSSR count). The van der Waals surface area contributed by atoms with Crippen molar-refractivity contribution >= 4 is 11.0 Å². The molecule has 1 aliphatic carbocycles. The van der Waals surface area contributed by atoms with Gasteiger partial charge in [0.25, 0.3) is 0 Å². The van der Waals surface area contributed by atoms with Gasteiger partial charge in [-0.15, -0.1) is 0 Å². The lowest BCUT2D eigenvalue weighted by atomic mass is 9.43. The van der Waals surface area contributed by atoms with Crippen molar-refractivity contribution in [1.29, 1.82) is 0 Å². The molecule has 0 fully saturated rings. The Hall–Kier alpha value is -7.68. The molecule has 1 aliphatic rings. The quantitative estimate of drug-likeness (QED) is 0.162. The predicted molar refractivity (Wildman–Crippen MR) is 247 cm³/mol. The Kier molecular flexibility index (Phi) is 8.64. The van der Waals surface area contributed by atoms with E-state index >= 15 is 0 Å². The number of rotatable bonds is 7. The highest BCUT2D eigenvalue weighted by molar-refractivity contribution is 5.91. The van der Waals surface area contributed by atoms with Crippen molar-refractivity contribution in [2.75, 3.05) is 0 Å². The van der Waals surface area contributed by atoms with Crippen LogP contribution in [0, 0.1) is 0 Å². The number of para-hydroxylation sites is 2. The summed E-state index contributed by atoms with van der Waals surface area (Å²) in [4.78, 5) is 10.9. The molecule has 0 atom stereocenters. The monoisotopic (exact) mass is 764 g/mol. The average molecular weight is 765 g/mol. The van der Waals surface area contributed by atoms with Crippen LogP contribution in [-0.4, -0.2) is 9.97 Å². The van der Waals surface area contributed by atoms with Gasteiger partial charge in [-0.25, -0.2) is 9.97 Å². The molecule has 2 heteroatoms. The molecule has 282 valence electrons. The van der Waals surface area contributed by atoms with Crippen LogP contribution >= 0.6 is 0 Å². The van der Waals surface area contributed by atoms with Crippen LogP contribution in [0.15, 0.2) is 243 Å². The average Bonchev–Trinajstić information content (AvgIpc) is 3.34. The zero-order valence-electron chi connectivity index (χ0n) is 33.0. The van der Waals surface area contributed by atoms with Crippen LogP contribution in [0.25, 0.3) is 55.8 Å². The fourth-order valence-corrected chi connectivity index (χ4v) is 10.1. The van der Waals surface area contributed by atoms with Crippen molar-refractivity contribution in [2.24, 2.45) is 0 Å². The van der Waals surface area contributed by atoms with Crippen molar-refractivity contribution in [3.63, 3.8) is 0 Å². The summed E-state index contributed by atoms with van der Waals surface area (Å²) in [5.74, 6) is 0. The van der Waals surface area contributed by atoms with E-state index in [1.54, 1.807) is 0 Å². The Balaban J connectivity index is 1.27. The summed E-state index contributed by atoms with van der Waals surface area (Å²) >= 11 is 0. The van der Waals surface area contributed by atoms with Gasteiger partial charge in [-0.05, 0) is 73.8 Å². The highest BCUT2D eigenvalue weighted by Crippen LogP contribution is 2.65. The van der Waals surface area contributed by atoms with Gasteiger partial charge in [-0.3, -0.25) is 0 Å². The number of benzene rings is 9. The summed E-state index contributed by atoms with van der Waals surface area (Å²) in [6, 6.07) is 88.2. The zero-order valence-corrected chi connectivity index (χ0v) is 33.0. The van der Waals surface area contributed by atoms with Crippen molar-refractivity contribution < 1.29 is 0 Å². The number of aromatic nitrogens is 2. The van der Waals surface area contributed by atoms with E-state index in [0.717, 1.165) is 39.1 Å². The van der Waals surface area contributed by atoms with Gasteiger partial charge < -0.3 is 0 Å². The zero-order chi connectivity index (χ0) is 39.9. The normalized spacial score (nSPS) is 13.6. The maximum Gasteiger partial charge on any atom is 0.0973 e. The van der Waals surface area contributed by atoms with Gasteiger partial charge in [-0.1, -0.05) is 224 Å². The van der Waals surface area contributed by atoms with Crippen molar-refractivity contribution in [1.82, 2.24) is 9.97 Å². The SMILES string of the molecule is c1ccc(-c2ccc(-c3nc4ccccc4nc3-c3ccc4c(c3)C(c3ccccc3)(c3ccccc3)C(c3ccccc3)(c3ccccc3)c3ccccc3-4)cc2)cc1. The summed E-state index contributed by atoms with van der Waals surface area (Å²) < 4.78 is 0. The molecule has 0 saturated carbocycles. The second-order valence-electron chi connectivity index (χ2n) is 15.6.